The highest BCUT2D eigenvalue weighted by Gasteiger charge is 2.23. The van der Waals surface area contributed by atoms with E-state index in [2.05, 4.69) is 0 Å². The first kappa shape index (κ1) is 18.1. The van der Waals surface area contributed by atoms with Gasteiger partial charge in [0.15, 0.2) is 0 Å². The van der Waals surface area contributed by atoms with Crippen LogP contribution >= 0.6 is 0 Å². The average molecular weight is 354 g/mol. The van der Waals surface area contributed by atoms with Crippen LogP contribution in [0.25, 0.3) is 0 Å². The second-order valence-corrected chi connectivity index (χ2v) is 6.74. The molecule has 0 radical (unpaired) electrons. The lowest BCUT2D eigenvalue weighted by molar-refractivity contribution is 0.0718. The van der Waals surface area contributed by atoms with Crippen molar-refractivity contribution in [3.63, 3.8) is 0 Å². The molecule has 0 spiro atoms. The van der Waals surface area contributed by atoms with Crippen LogP contribution in [-0.2, 0) is 0 Å². The van der Waals surface area contributed by atoms with Crippen LogP contribution in [-0.4, -0.2) is 47.8 Å². The Labute approximate surface area is 153 Å². The molecule has 2 aromatic rings. The van der Waals surface area contributed by atoms with Crippen molar-refractivity contribution >= 4 is 11.8 Å². The Morgan fingerprint density at radius 2 is 1.31 bits per heavy atom. The molecule has 0 aliphatic carbocycles. The zero-order chi connectivity index (χ0) is 18.7. The van der Waals surface area contributed by atoms with Gasteiger partial charge in [-0.15, -0.1) is 0 Å². The molecular weight excluding hydrogens is 331 g/mol. The zero-order valence-electron chi connectivity index (χ0n) is 15.2. The summed E-state index contributed by atoms with van der Waals surface area (Å²) in [4.78, 5) is 28.9. The van der Waals surface area contributed by atoms with Gasteiger partial charge in [0.25, 0.3) is 11.8 Å². The number of rotatable bonds is 2. The molecule has 1 fully saturated rings. The average Bonchev–Trinajstić information content (AvgIpc) is 2.89. The predicted octanol–water partition coefficient (Wildman–Crippen LogP) is 3.43. The highest BCUT2D eigenvalue weighted by molar-refractivity contribution is 5.95. The summed E-state index contributed by atoms with van der Waals surface area (Å²) in [7, 11) is 0. The summed E-state index contributed by atoms with van der Waals surface area (Å²) in [5, 5.41) is 0. The van der Waals surface area contributed by atoms with E-state index in [0.717, 1.165) is 17.5 Å². The van der Waals surface area contributed by atoms with Gasteiger partial charge in [0.05, 0.1) is 0 Å². The topological polar surface area (TPSA) is 40.6 Å². The number of carbonyl (C=O) groups excluding carboxylic acids is 2. The molecule has 0 N–H and O–H groups in total. The molecule has 1 heterocycles. The molecule has 1 saturated heterocycles. The summed E-state index contributed by atoms with van der Waals surface area (Å²) in [5.41, 5.74) is 3.42. The number of carbonyl (C=O) groups is 2. The van der Waals surface area contributed by atoms with Gasteiger partial charge in [-0.05, 0) is 67.8 Å². The minimum Gasteiger partial charge on any atom is -0.337 e. The largest absolute Gasteiger partial charge is 0.337 e. The molecule has 5 heteroatoms. The number of benzene rings is 2. The van der Waals surface area contributed by atoms with Gasteiger partial charge >= 0.3 is 0 Å². The second-order valence-electron chi connectivity index (χ2n) is 6.74. The Balaban J connectivity index is 1.67. The van der Waals surface area contributed by atoms with Gasteiger partial charge in [-0.25, -0.2) is 4.39 Å². The normalized spacial score (nSPS) is 14.9. The van der Waals surface area contributed by atoms with Gasteiger partial charge in [0.1, 0.15) is 5.82 Å². The SMILES string of the molecule is Cc1ccc(C(=O)N2CCCN(C(=O)c3ccc(F)cc3)CC2)cc1C. The lowest BCUT2D eigenvalue weighted by Gasteiger charge is -2.22. The molecule has 0 bridgehead atoms. The third-order valence-electron chi connectivity index (χ3n) is 4.92. The number of amides is 2. The van der Waals surface area contributed by atoms with Crippen LogP contribution in [0, 0.1) is 19.7 Å². The highest BCUT2D eigenvalue weighted by Crippen LogP contribution is 2.15. The third kappa shape index (κ3) is 3.93. The number of hydrogen-bond acceptors (Lipinski definition) is 2. The van der Waals surface area contributed by atoms with Crippen molar-refractivity contribution in [1.29, 1.82) is 0 Å². The van der Waals surface area contributed by atoms with E-state index in [9.17, 15) is 14.0 Å². The van der Waals surface area contributed by atoms with Crippen molar-refractivity contribution in [2.24, 2.45) is 0 Å². The van der Waals surface area contributed by atoms with Crippen LogP contribution in [0.2, 0.25) is 0 Å². The lowest BCUT2D eigenvalue weighted by Crippen LogP contribution is -2.37. The summed E-state index contributed by atoms with van der Waals surface area (Å²) in [5.74, 6) is -0.475. The Hall–Kier alpha value is -2.69. The van der Waals surface area contributed by atoms with Crippen LogP contribution in [0.3, 0.4) is 0 Å². The fourth-order valence-electron chi connectivity index (χ4n) is 3.16. The van der Waals surface area contributed by atoms with Crippen molar-refractivity contribution in [1.82, 2.24) is 9.80 Å². The van der Waals surface area contributed by atoms with E-state index in [4.69, 9.17) is 0 Å². The molecule has 3 rings (SSSR count). The van der Waals surface area contributed by atoms with Crippen LogP contribution in [0.4, 0.5) is 4.39 Å². The molecule has 2 aromatic carbocycles. The molecule has 1 aliphatic heterocycles. The Bertz CT molecular complexity index is 817. The molecule has 136 valence electrons. The van der Waals surface area contributed by atoms with E-state index in [1.807, 2.05) is 36.9 Å². The Kier molecular flexibility index (Phi) is 5.35. The molecule has 26 heavy (non-hydrogen) atoms. The van der Waals surface area contributed by atoms with Crippen LogP contribution in [0.1, 0.15) is 38.3 Å². The maximum Gasteiger partial charge on any atom is 0.253 e. The van der Waals surface area contributed by atoms with E-state index in [1.54, 1.807) is 4.90 Å². The first-order chi connectivity index (χ1) is 12.5. The van der Waals surface area contributed by atoms with Gasteiger partial charge in [-0.1, -0.05) is 6.07 Å². The number of nitrogens with zero attached hydrogens (tertiary/aromatic N) is 2. The van der Waals surface area contributed by atoms with E-state index >= 15 is 0 Å². The van der Waals surface area contributed by atoms with E-state index in [-0.39, 0.29) is 17.6 Å². The van der Waals surface area contributed by atoms with Gasteiger partial charge in [-0.2, -0.15) is 0 Å². The monoisotopic (exact) mass is 354 g/mol. The van der Waals surface area contributed by atoms with Crippen molar-refractivity contribution in [3.8, 4) is 0 Å². The van der Waals surface area contributed by atoms with Crippen molar-refractivity contribution in [3.05, 3.63) is 70.5 Å². The first-order valence-electron chi connectivity index (χ1n) is 8.87. The maximum absolute atomic E-state index is 13.0. The molecule has 0 unspecified atom stereocenters. The van der Waals surface area contributed by atoms with Crippen molar-refractivity contribution < 1.29 is 14.0 Å². The maximum atomic E-state index is 13.0. The fourth-order valence-corrected chi connectivity index (χ4v) is 3.16. The third-order valence-corrected chi connectivity index (χ3v) is 4.92. The summed E-state index contributed by atoms with van der Waals surface area (Å²) in [6, 6.07) is 11.3. The molecule has 0 atom stereocenters. The molecular formula is C21H23FN2O2. The Morgan fingerprint density at radius 3 is 1.88 bits per heavy atom. The van der Waals surface area contributed by atoms with Crippen LogP contribution in [0.5, 0.6) is 0 Å². The smallest absolute Gasteiger partial charge is 0.253 e. The molecule has 4 nitrogen and oxygen atoms in total. The van der Waals surface area contributed by atoms with E-state index in [0.29, 0.717) is 37.3 Å². The van der Waals surface area contributed by atoms with Gasteiger partial charge in [0, 0.05) is 37.3 Å². The molecule has 1 aliphatic rings. The Morgan fingerprint density at radius 1 is 0.769 bits per heavy atom. The molecule has 0 aromatic heterocycles. The van der Waals surface area contributed by atoms with Crippen LogP contribution in [0.15, 0.2) is 42.5 Å². The highest BCUT2D eigenvalue weighted by atomic mass is 19.1. The molecule has 0 saturated carbocycles. The van der Waals surface area contributed by atoms with E-state index < -0.39 is 0 Å². The van der Waals surface area contributed by atoms with Gasteiger partial charge in [0.2, 0.25) is 0 Å². The summed E-state index contributed by atoms with van der Waals surface area (Å²) < 4.78 is 13.0. The minimum atomic E-state index is -0.359. The number of aryl methyl sites for hydroxylation is 2. The molecule has 2 amide bonds. The first-order valence-corrected chi connectivity index (χ1v) is 8.87. The van der Waals surface area contributed by atoms with Crippen molar-refractivity contribution in [2.75, 3.05) is 26.2 Å². The second kappa shape index (κ2) is 7.68. The fraction of sp³-hybridized carbons (Fsp3) is 0.333. The summed E-state index contributed by atoms with van der Waals surface area (Å²) in [6.45, 7) is 6.21. The minimum absolute atomic E-state index is 0.00387. The number of halogens is 1. The predicted molar refractivity (Wildman–Crippen MR) is 98.7 cm³/mol. The summed E-state index contributed by atoms with van der Waals surface area (Å²) >= 11 is 0. The quantitative estimate of drug-likeness (QED) is 0.829. The van der Waals surface area contributed by atoms with Crippen LogP contribution < -0.4 is 0 Å². The van der Waals surface area contributed by atoms with Gasteiger partial charge < -0.3 is 9.80 Å². The van der Waals surface area contributed by atoms with Crippen molar-refractivity contribution in [2.45, 2.75) is 20.3 Å². The number of hydrogen-bond donors (Lipinski definition) is 0. The standard InChI is InChI=1S/C21H23FN2O2/c1-15-4-5-18(14-16(15)2)21(26)24-11-3-10-23(12-13-24)20(25)17-6-8-19(22)9-7-17/h4-9,14H,3,10-13H2,1-2H3. The summed E-state index contributed by atoms with van der Waals surface area (Å²) in [6.07, 6.45) is 0.726. The van der Waals surface area contributed by atoms with Gasteiger partial charge in [-0.3, -0.25) is 9.59 Å². The zero-order valence-corrected chi connectivity index (χ0v) is 15.2. The lowest BCUT2D eigenvalue weighted by atomic mass is 10.1. The van der Waals surface area contributed by atoms with E-state index in [1.165, 1.54) is 24.3 Å².